The van der Waals surface area contributed by atoms with Crippen LogP contribution in [0.3, 0.4) is 0 Å². The maximum atomic E-state index is 10.8. The molecule has 0 amide bonds. The Morgan fingerprint density at radius 2 is 2.24 bits per heavy atom. The molecular weight excluding hydrogens is 254 g/mol. The number of thiophene rings is 1. The molecule has 2 heterocycles. The molecule has 0 bridgehead atoms. The molecule has 1 fully saturated rings. The van der Waals surface area contributed by atoms with E-state index in [4.69, 9.17) is 5.11 Å². The number of carbonyl (C=O) groups is 1. The van der Waals surface area contributed by atoms with Crippen LogP contribution in [0.1, 0.15) is 34.6 Å². The van der Waals surface area contributed by atoms with E-state index in [0.717, 1.165) is 16.5 Å². The SMILES string of the molecule is CC1CC1c1nc(-c2cc(C(=O)O)cs2)cs1. The molecule has 0 spiro atoms. The Hall–Kier alpha value is -1.20. The fourth-order valence-corrected chi connectivity index (χ4v) is 3.80. The summed E-state index contributed by atoms with van der Waals surface area (Å²) in [5.74, 6) is 0.512. The van der Waals surface area contributed by atoms with Gasteiger partial charge in [-0.15, -0.1) is 22.7 Å². The van der Waals surface area contributed by atoms with E-state index >= 15 is 0 Å². The molecular formula is C12H11NO2S2. The summed E-state index contributed by atoms with van der Waals surface area (Å²) in [5.41, 5.74) is 1.26. The fourth-order valence-electron chi connectivity index (χ4n) is 1.82. The summed E-state index contributed by atoms with van der Waals surface area (Å²) in [6.07, 6.45) is 1.23. The van der Waals surface area contributed by atoms with Crippen molar-refractivity contribution >= 4 is 28.6 Å². The fraction of sp³-hybridized carbons (Fsp3) is 0.333. The van der Waals surface area contributed by atoms with E-state index in [-0.39, 0.29) is 0 Å². The minimum Gasteiger partial charge on any atom is -0.478 e. The minimum atomic E-state index is -0.876. The quantitative estimate of drug-likeness (QED) is 0.920. The zero-order valence-corrected chi connectivity index (χ0v) is 10.8. The predicted octanol–water partition coefficient (Wildman–Crippen LogP) is 3.69. The lowest BCUT2D eigenvalue weighted by Gasteiger charge is -1.89. The number of carboxylic acids is 1. The molecule has 17 heavy (non-hydrogen) atoms. The van der Waals surface area contributed by atoms with E-state index in [1.807, 2.05) is 5.38 Å². The molecule has 88 valence electrons. The van der Waals surface area contributed by atoms with Crippen LogP contribution in [0, 0.1) is 5.92 Å². The van der Waals surface area contributed by atoms with Crippen molar-refractivity contribution in [2.75, 3.05) is 0 Å². The molecule has 0 aliphatic heterocycles. The molecule has 3 nitrogen and oxygen atoms in total. The summed E-state index contributed by atoms with van der Waals surface area (Å²) in [4.78, 5) is 16.3. The van der Waals surface area contributed by atoms with E-state index in [0.29, 0.717) is 11.5 Å². The van der Waals surface area contributed by atoms with Crippen LogP contribution in [0.4, 0.5) is 0 Å². The Morgan fingerprint density at radius 3 is 2.82 bits per heavy atom. The number of rotatable bonds is 3. The van der Waals surface area contributed by atoms with Crippen LogP contribution < -0.4 is 0 Å². The second-order valence-electron chi connectivity index (χ2n) is 4.40. The van der Waals surface area contributed by atoms with Crippen molar-refractivity contribution in [3.63, 3.8) is 0 Å². The molecule has 1 aliphatic rings. The van der Waals surface area contributed by atoms with Crippen LogP contribution in [-0.2, 0) is 0 Å². The summed E-state index contributed by atoms with van der Waals surface area (Å²) in [6, 6.07) is 1.70. The average molecular weight is 265 g/mol. The maximum Gasteiger partial charge on any atom is 0.336 e. The van der Waals surface area contributed by atoms with Crippen molar-refractivity contribution in [1.29, 1.82) is 0 Å². The summed E-state index contributed by atoms with van der Waals surface area (Å²) in [7, 11) is 0. The number of hydrogen-bond acceptors (Lipinski definition) is 4. The first-order chi connectivity index (χ1) is 8.15. The van der Waals surface area contributed by atoms with Gasteiger partial charge in [0.05, 0.1) is 21.1 Å². The van der Waals surface area contributed by atoms with E-state index < -0.39 is 5.97 Å². The predicted molar refractivity (Wildman–Crippen MR) is 68.9 cm³/mol. The smallest absolute Gasteiger partial charge is 0.336 e. The second kappa shape index (κ2) is 3.92. The minimum absolute atomic E-state index is 0.347. The van der Waals surface area contributed by atoms with Crippen molar-refractivity contribution in [2.24, 2.45) is 5.92 Å². The maximum absolute atomic E-state index is 10.8. The van der Waals surface area contributed by atoms with Gasteiger partial charge < -0.3 is 5.11 Å². The largest absolute Gasteiger partial charge is 0.478 e. The summed E-state index contributed by atoms with van der Waals surface area (Å²) < 4.78 is 0. The number of thiazole rings is 1. The van der Waals surface area contributed by atoms with Gasteiger partial charge in [-0.1, -0.05) is 6.92 Å². The lowest BCUT2D eigenvalue weighted by atomic mass is 10.3. The monoisotopic (exact) mass is 265 g/mol. The van der Waals surface area contributed by atoms with Crippen LogP contribution >= 0.6 is 22.7 Å². The van der Waals surface area contributed by atoms with Crippen LogP contribution in [0.5, 0.6) is 0 Å². The van der Waals surface area contributed by atoms with Gasteiger partial charge in [-0.3, -0.25) is 0 Å². The number of carboxylic acid groups (broad SMARTS) is 1. The first kappa shape index (κ1) is 10.9. The summed E-state index contributed by atoms with van der Waals surface area (Å²) in [6.45, 7) is 2.24. The van der Waals surface area contributed by atoms with Gasteiger partial charge in [0, 0.05) is 16.7 Å². The molecule has 2 atom stereocenters. The second-order valence-corrected chi connectivity index (χ2v) is 6.20. The highest BCUT2D eigenvalue weighted by molar-refractivity contribution is 7.14. The van der Waals surface area contributed by atoms with Crippen molar-refractivity contribution < 1.29 is 9.90 Å². The Bertz CT molecular complexity index is 573. The third kappa shape index (κ3) is 2.00. The molecule has 2 unspecified atom stereocenters. The summed E-state index contributed by atoms with van der Waals surface area (Å²) in [5, 5.41) is 13.8. The van der Waals surface area contributed by atoms with E-state index in [1.165, 1.54) is 22.8 Å². The van der Waals surface area contributed by atoms with Gasteiger partial charge >= 0.3 is 5.97 Å². The third-order valence-corrected chi connectivity index (χ3v) is 4.98. The molecule has 3 rings (SSSR count). The highest BCUT2D eigenvalue weighted by Gasteiger charge is 2.36. The first-order valence-electron chi connectivity index (χ1n) is 5.43. The molecule has 0 aromatic carbocycles. The van der Waals surface area contributed by atoms with Gasteiger partial charge in [0.1, 0.15) is 0 Å². The molecule has 0 radical (unpaired) electrons. The van der Waals surface area contributed by atoms with Crippen molar-refractivity contribution in [2.45, 2.75) is 19.3 Å². The van der Waals surface area contributed by atoms with Crippen LogP contribution in [0.25, 0.3) is 10.6 Å². The van der Waals surface area contributed by atoms with Crippen molar-refractivity contribution in [3.05, 3.63) is 27.4 Å². The zero-order chi connectivity index (χ0) is 12.0. The summed E-state index contributed by atoms with van der Waals surface area (Å²) >= 11 is 3.13. The molecule has 2 aromatic rings. The van der Waals surface area contributed by atoms with E-state index in [9.17, 15) is 4.79 Å². The zero-order valence-electron chi connectivity index (χ0n) is 9.21. The molecule has 1 aliphatic carbocycles. The van der Waals surface area contributed by atoms with Gasteiger partial charge in [0.25, 0.3) is 0 Å². The highest BCUT2D eigenvalue weighted by Crippen LogP contribution is 2.48. The molecule has 0 saturated heterocycles. The standard InChI is InChI=1S/C12H11NO2S2/c1-6-2-8(6)11-13-9(5-17-11)10-3-7(4-16-10)12(14)15/h3-6,8H,2H2,1H3,(H,14,15). The van der Waals surface area contributed by atoms with Crippen molar-refractivity contribution in [3.8, 4) is 10.6 Å². The molecule has 1 saturated carbocycles. The van der Waals surface area contributed by atoms with Crippen molar-refractivity contribution in [1.82, 2.24) is 4.98 Å². The number of hydrogen-bond donors (Lipinski definition) is 1. The molecule has 1 N–H and O–H groups in total. The lowest BCUT2D eigenvalue weighted by Crippen LogP contribution is -1.91. The Labute approximate surface area is 107 Å². The highest BCUT2D eigenvalue weighted by atomic mass is 32.1. The number of aromatic carboxylic acids is 1. The van der Waals surface area contributed by atoms with Crippen LogP contribution in [0.15, 0.2) is 16.8 Å². The van der Waals surface area contributed by atoms with Crippen LogP contribution in [0.2, 0.25) is 0 Å². The number of aromatic nitrogens is 1. The average Bonchev–Trinajstić information content (AvgIpc) is 2.78. The molecule has 5 heteroatoms. The van der Waals surface area contributed by atoms with Gasteiger partial charge in [-0.2, -0.15) is 0 Å². The first-order valence-corrected chi connectivity index (χ1v) is 7.18. The normalized spacial score (nSPS) is 22.6. The Morgan fingerprint density at radius 1 is 1.47 bits per heavy atom. The van der Waals surface area contributed by atoms with Gasteiger partial charge in [0.2, 0.25) is 0 Å². The number of nitrogens with zero attached hydrogens (tertiary/aromatic N) is 1. The molecule has 2 aromatic heterocycles. The topological polar surface area (TPSA) is 50.2 Å². The Balaban J connectivity index is 1.87. The van der Waals surface area contributed by atoms with E-state index in [2.05, 4.69) is 11.9 Å². The van der Waals surface area contributed by atoms with Crippen LogP contribution in [-0.4, -0.2) is 16.1 Å². The van der Waals surface area contributed by atoms with Gasteiger partial charge in [0.15, 0.2) is 0 Å². The third-order valence-electron chi connectivity index (χ3n) is 3.05. The lowest BCUT2D eigenvalue weighted by molar-refractivity contribution is 0.0697. The van der Waals surface area contributed by atoms with Gasteiger partial charge in [-0.05, 0) is 18.4 Å². The van der Waals surface area contributed by atoms with Gasteiger partial charge in [-0.25, -0.2) is 9.78 Å². The Kier molecular flexibility index (Phi) is 2.52. The van der Waals surface area contributed by atoms with E-state index in [1.54, 1.807) is 22.8 Å².